The Labute approximate surface area is 132 Å². The largest absolute Gasteiger partial charge is 0.356 e. The van der Waals surface area contributed by atoms with E-state index in [9.17, 15) is 0 Å². The van der Waals surface area contributed by atoms with Gasteiger partial charge in [-0.3, -0.25) is 4.99 Å². The number of benzene rings is 1. The Bertz CT molecular complexity index is 489. The predicted molar refractivity (Wildman–Crippen MR) is 89.9 cm³/mol. The summed E-state index contributed by atoms with van der Waals surface area (Å²) < 4.78 is 0. The van der Waals surface area contributed by atoms with Gasteiger partial charge in [0.1, 0.15) is 0 Å². The molecule has 1 aliphatic heterocycles. The lowest BCUT2D eigenvalue weighted by molar-refractivity contribution is 0.390. The molecule has 4 nitrogen and oxygen atoms in total. The van der Waals surface area contributed by atoms with E-state index in [1.807, 2.05) is 25.2 Å². The Morgan fingerprint density at radius 3 is 2.95 bits per heavy atom. The Balaban J connectivity index is 1.85. The van der Waals surface area contributed by atoms with Crippen LogP contribution in [0.3, 0.4) is 0 Å². The summed E-state index contributed by atoms with van der Waals surface area (Å²) in [6.07, 6.45) is 1.26. The second-order valence-corrected chi connectivity index (χ2v) is 6.27. The third kappa shape index (κ3) is 4.90. The first-order valence-electron chi connectivity index (χ1n) is 7.43. The number of nitrogens with one attached hydrogen (secondary N) is 1. The summed E-state index contributed by atoms with van der Waals surface area (Å²) in [6.45, 7) is 4.15. The SMILES string of the molecule is CN=C(NCC1CCN(C)C1)N(C)Cc1cccc(Cl)c1. The van der Waals surface area contributed by atoms with Crippen molar-refractivity contribution in [1.29, 1.82) is 0 Å². The maximum absolute atomic E-state index is 6.03. The molecule has 5 heteroatoms. The Hall–Kier alpha value is -1.26. The standard InChI is InChI=1S/C16H25ClN4/c1-18-16(19-10-14-7-8-20(2)11-14)21(3)12-13-5-4-6-15(17)9-13/h4-6,9,14H,7-8,10-12H2,1-3H3,(H,18,19). The van der Waals surface area contributed by atoms with Gasteiger partial charge in [0.05, 0.1) is 0 Å². The van der Waals surface area contributed by atoms with Crippen molar-refractivity contribution >= 4 is 17.6 Å². The summed E-state index contributed by atoms with van der Waals surface area (Å²) in [7, 11) is 6.06. The average Bonchev–Trinajstić information content (AvgIpc) is 2.85. The highest BCUT2D eigenvalue weighted by molar-refractivity contribution is 6.30. The monoisotopic (exact) mass is 308 g/mol. The van der Waals surface area contributed by atoms with E-state index in [1.54, 1.807) is 0 Å². The van der Waals surface area contributed by atoms with E-state index in [0.717, 1.165) is 24.1 Å². The van der Waals surface area contributed by atoms with Gasteiger partial charge in [0.15, 0.2) is 5.96 Å². The van der Waals surface area contributed by atoms with Gasteiger partial charge in [-0.05, 0) is 43.6 Å². The van der Waals surface area contributed by atoms with E-state index in [1.165, 1.54) is 25.1 Å². The molecule has 1 saturated heterocycles. The number of hydrogen-bond donors (Lipinski definition) is 1. The number of hydrogen-bond acceptors (Lipinski definition) is 2. The lowest BCUT2D eigenvalue weighted by atomic mass is 10.1. The molecule has 0 spiro atoms. The lowest BCUT2D eigenvalue weighted by Crippen LogP contribution is -2.41. The minimum Gasteiger partial charge on any atom is -0.356 e. The summed E-state index contributed by atoms with van der Waals surface area (Å²) >= 11 is 6.03. The molecule has 0 amide bonds. The van der Waals surface area contributed by atoms with Crippen molar-refractivity contribution in [2.45, 2.75) is 13.0 Å². The van der Waals surface area contributed by atoms with E-state index in [4.69, 9.17) is 11.6 Å². The van der Waals surface area contributed by atoms with Gasteiger partial charge in [-0.2, -0.15) is 0 Å². The van der Waals surface area contributed by atoms with Gasteiger partial charge in [0, 0.05) is 38.8 Å². The van der Waals surface area contributed by atoms with Crippen molar-refractivity contribution < 1.29 is 0 Å². The highest BCUT2D eigenvalue weighted by atomic mass is 35.5. The molecule has 2 rings (SSSR count). The van der Waals surface area contributed by atoms with Crippen LogP contribution in [-0.4, -0.2) is 56.5 Å². The number of likely N-dealkylation sites (tertiary alicyclic amines) is 1. The predicted octanol–water partition coefficient (Wildman–Crippen LogP) is 2.30. The average molecular weight is 309 g/mol. The molecule has 1 atom stereocenters. The summed E-state index contributed by atoms with van der Waals surface area (Å²) in [4.78, 5) is 8.88. The van der Waals surface area contributed by atoms with E-state index in [2.05, 4.69) is 40.3 Å². The van der Waals surface area contributed by atoms with Crippen LogP contribution in [0.4, 0.5) is 0 Å². The minimum atomic E-state index is 0.714. The number of aliphatic imine (C=N–C) groups is 1. The maximum atomic E-state index is 6.03. The third-order valence-electron chi connectivity index (χ3n) is 3.92. The first-order chi connectivity index (χ1) is 10.1. The van der Waals surface area contributed by atoms with Crippen LogP contribution < -0.4 is 5.32 Å². The Morgan fingerprint density at radius 1 is 1.52 bits per heavy atom. The van der Waals surface area contributed by atoms with E-state index in [-0.39, 0.29) is 0 Å². The quantitative estimate of drug-likeness (QED) is 0.684. The molecule has 1 aromatic rings. The van der Waals surface area contributed by atoms with Crippen molar-refractivity contribution in [3.05, 3.63) is 34.9 Å². The molecule has 1 unspecified atom stereocenters. The first-order valence-corrected chi connectivity index (χ1v) is 7.81. The van der Waals surface area contributed by atoms with Crippen LogP contribution in [0.1, 0.15) is 12.0 Å². The van der Waals surface area contributed by atoms with Crippen LogP contribution in [0.15, 0.2) is 29.3 Å². The van der Waals surface area contributed by atoms with E-state index in [0.29, 0.717) is 5.92 Å². The van der Waals surface area contributed by atoms with E-state index >= 15 is 0 Å². The molecule has 21 heavy (non-hydrogen) atoms. The number of guanidine groups is 1. The molecular formula is C16H25ClN4. The Kier molecular flexibility index (Phi) is 5.88. The number of rotatable bonds is 4. The molecule has 0 radical (unpaired) electrons. The zero-order chi connectivity index (χ0) is 15.2. The van der Waals surface area contributed by atoms with Gasteiger partial charge in [-0.1, -0.05) is 23.7 Å². The molecule has 0 aromatic heterocycles. The number of halogens is 1. The van der Waals surface area contributed by atoms with Crippen molar-refractivity contribution in [1.82, 2.24) is 15.1 Å². The molecule has 1 heterocycles. The zero-order valence-corrected chi connectivity index (χ0v) is 13.9. The van der Waals surface area contributed by atoms with Crippen molar-refractivity contribution in [3.63, 3.8) is 0 Å². The normalized spacial score (nSPS) is 19.8. The second kappa shape index (κ2) is 7.66. The summed E-state index contributed by atoms with van der Waals surface area (Å²) in [5.41, 5.74) is 1.19. The fourth-order valence-corrected chi connectivity index (χ4v) is 3.01. The van der Waals surface area contributed by atoms with Gasteiger partial charge in [0.25, 0.3) is 0 Å². The van der Waals surface area contributed by atoms with Crippen LogP contribution in [0.2, 0.25) is 5.02 Å². The molecular weight excluding hydrogens is 284 g/mol. The molecule has 1 aliphatic rings. The fourth-order valence-electron chi connectivity index (χ4n) is 2.80. The molecule has 1 fully saturated rings. The third-order valence-corrected chi connectivity index (χ3v) is 4.16. The van der Waals surface area contributed by atoms with E-state index < -0.39 is 0 Å². The van der Waals surface area contributed by atoms with Crippen LogP contribution >= 0.6 is 11.6 Å². The number of nitrogens with zero attached hydrogens (tertiary/aromatic N) is 3. The van der Waals surface area contributed by atoms with Crippen molar-refractivity contribution in [3.8, 4) is 0 Å². The Morgan fingerprint density at radius 2 is 2.33 bits per heavy atom. The summed E-state index contributed by atoms with van der Waals surface area (Å²) in [6, 6.07) is 7.96. The van der Waals surface area contributed by atoms with Gasteiger partial charge in [-0.15, -0.1) is 0 Å². The zero-order valence-electron chi connectivity index (χ0n) is 13.1. The first kappa shape index (κ1) is 16.1. The molecule has 1 N–H and O–H groups in total. The highest BCUT2D eigenvalue weighted by Crippen LogP contribution is 2.14. The lowest BCUT2D eigenvalue weighted by Gasteiger charge is -2.23. The van der Waals surface area contributed by atoms with Gasteiger partial charge >= 0.3 is 0 Å². The smallest absolute Gasteiger partial charge is 0.193 e. The molecule has 0 bridgehead atoms. The molecule has 0 aliphatic carbocycles. The van der Waals surface area contributed by atoms with Gasteiger partial charge < -0.3 is 15.1 Å². The topological polar surface area (TPSA) is 30.9 Å². The molecule has 1 aromatic carbocycles. The van der Waals surface area contributed by atoms with Crippen molar-refractivity contribution in [2.24, 2.45) is 10.9 Å². The maximum Gasteiger partial charge on any atom is 0.193 e. The summed E-state index contributed by atoms with van der Waals surface area (Å²) in [5, 5.41) is 4.26. The van der Waals surface area contributed by atoms with Crippen LogP contribution in [-0.2, 0) is 6.54 Å². The van der Waals surface area contributed by atoms with Crippen LogP contribution in [0, 0.1) is 5.92 Å². The minimum absolute atomic E-state index is 0.714. The highest BCUT2D eigenvalue weighted by Gasteiger charge is 2.19. The van der Waals surface area contributed by atoms with Crippen LogP contribution in [0.5, 0.6) is 0 Å². The molecule has 116 valence electrons. The summed E-state index contributed by atoms with van der Waals surface area (Å²) in [5.74, 6) is 1.65. The van der Waals surface area contributed by atoms with Gasteiger partial charge in [-0.25, -0.2) is 0 Å². The molecule has 0 saturated carbocycles. The van der Waals surface area contributed by atoms with Crippen LogP contribution in [0.25, 0.3) is 0 Å². The van der Waals surface area contributed by atoms with Gasteiger partial charge in [0.2, 0.25) is 0 Å². The van der Waals surface area contributed by atoms with Crippen molar-refractivity contribution in [2.75, 3.05) is 40.8 Å². The second-order valence-electron chi connectivity index (χ2n) is 5.83. The fraction of sp³-hybridized carbons (Fsp3) is 0.562.